The number of nitrogens with zero attached hydrogens (tertiary/aromatic N) is 4. The van der Waals surface area contributed by atoms with E-state index in [9.17, 15) is 17.6 Å². The summed E-state index contributed by atoms with van der Waals surface area (Å²) in [7, 11) is 0. The quantitative estimate of drug-likeness (QED) is 0.416. The maximum atomic E-state index is 13.6. The monoisotopic (exact) mass is 405 g/mol. The van der Waals surface area contributed by atoms with E-state index in [-0.39, 0.29) is 10.8 Å². The highest BCUT2D eigenvalue weighted by Crippen LogP contribution is 2.37. The van der Waals surface area contributed by atoms with Crippen LogP contribution in [0.15, 0.2) is 48.8 Å². The summed E-state index contributed by atoms with van der Waals surface area (Å²) in [5.41, 5.74) is 1.16. The fourth-order valence-corrected chi connectivity index (χ4v) is 3.03. The standard InChI is InChI=1S/C19H10ClF4N4/c1-10-25-7-6-15(26-10)17-16-5-3-12(19(22,23)24)9-28(16)27-18(17)11-2-4-14(21)13(20)8-11/h2-9H,1H2. The van der Waals surface area contributed by atoms with Gasteiger partial charge in [-0.05, 0) is 36.4 Å². The Labute approximate surface area is 161 Å². The largest absolute Gasteiger partial charge is 0.417 e. The van der Waals surface area contributed by atoms with Crippen molar-refractivity contribution < 1.29 is 17.6 Å². The van der Waals surface area contributed by atoms with E-state index >= 15 is 0 Å². The summed E-state index contributed by atoms with van der Waals surface area (Å²) < 4.78 is 54.0. The van der Waals surface area contributed by atoms with E-state index in [1.165, 1.54) is 30.5 Å². The maximum Gasteiger partial charge on any atom is 0.417 e. The first-order chi connectivity index (χ1) is 13.2. The Morgan fingerprint density at radius 1 is 1.07 bits per heavy atom. The van der Waals surface area contributed by atoms with Crippen LogP contribution in [0.25, 0.3) is 28.0 Å². The molecule has 0 saturated carbocycles. The molecule has 3 heterocycles. The van der Waals surface area contributed by atoms with Crippen molar-refractivity contribution in [3.63, 3.8) is 0 Å². The number of aromatic nitrogens is 4. The predicted octanol–water partition coefficient (Wildman–Crippen LogP) is 5.45. The van der Waals surface area contributed by atoms with Crippen molar-refractivity contribution in [1.29, 1.82) is 0 Å². The number of hydrogen-bond acceptors (Lipinski definition) is 3. The average molecular weight is 406 g/mol. The molecule has 0 saturated heterocycles. The molecule has 9 heteroatoms. The lowest BCUT2D eigenvalue weighted by molar-refractivity contribution is -0.137. The zero-order chi connectivity index (χ0) is 20.1. The Bertz CT molecular complexity index is 1200. The summed E-state index contributed by atoms with van der Waals surface area (Å²) >= 11 is 5.88. The molecule has 0 aliphatic carbocycles. The number of benzene rings is 1. The topological polar surface area (TPSA) is 43.1 Å². The van der Waals surface area contributed by atoms with Gasteiger partial charge in [-0.25, -0.2) is 18.9 Å². The normalized spacial score (nSPS) is 11.9. The zero-order valence-corrected chi connectivity index (χ0v) is 14.8. The molecular weight excluding hydrogens is 396 g/mol. The third-order valence-electron chi connectivity index (χ3n) is 4.11. The number of rotatable bonds is 2. The van der Waals surface area contributed by atoms with Crippen molar-refractivity contribution in [1.82, 2.24) is 19.6 Å². The molecule has 28 heavy (non-hydrogen) atoms. The molecule has 3 aromatic heterocycles. The highest BCUT2D eigenvalue weighted by atomic mass is 35.5. The lowest BCUT2D eigenvalue weighted by atomic mass is 10.0. The Morgan fingerprint density at radius 2 is 1.86 bits per heavy atom. The van der Waals surface area contributed by atoms with E-state index in [1.807, 2.05) is 0 Å². The fourth-order valence-electron chi connectivity index (χ4n) is 2.85. The lowest BCUT2D eigenvalue weighted by Gasteiger charge is -2.07. The van der Waals surface area contributed by atoms with Crippen LogP contribution in [0.2, 0.25) is 5.02 Å². The van der Waals surface area contributed by atoms with Crippen LogP contribution >= 0.6 is 11.6 Å². The van der Waals surface area contributed by atoms with Gasteiger partial charge in [0.15, 0.2) is 0 Å². The summed E-state index contributed by atoms with van der Waals surface area (Å²) in [5.74, 6) is -0.371. The van der Waals surface area contributed by atoms with E-state index < -0.39 is 17.6 Å². The van der Waals surface area contributed by atoms with Crippen LogP contribution in [0.5, 0.6) is 0 Å². The molecule has 0 aliphatic heterocycles. The van der Waals surface area contributed by atoms with Gasteiger partial charge >= 0.3 is 6.18 Å². The molecule has 0 spiro atoms. The molecule has 4 aromatic rings. The third kappa shape index (κ3) is 3.20. The highest BCUT2D eigenvalue weighted by Gasteiger charge is 2.31. The second-order valence-electron chi connectivity index (χ2n) is 5.96. The highest BCUT2D eigenvalue weighted by molar-refractivity contribution is 6.31. The molecule has 0 fully saturated rings. The Hall–Kier alpha value is -3.00. The van der Waals surface area contributed by atoms with Crippen molar-refractivity contribution in [2.75, 3.05) is 0 Å². The molecule has 4 rings (SSSR count). The van der Waals surface area contributed by atoms with Gasteiger partial charge in [-0.3, -0.25) is 0 Å². The van der Waals surface area contributed by atoms with Crippen molar-refractivity contribution in [2.24, 2.45) is 0 Å². The lowest BCUT2D eigenvalue weighted by Crippen LogP contribution is -2.06. The Kier molecular flexibility index (Phi) is 4.30. The van der Waals surface area contributed by atoms with Crippen LogP contribution in [0.4, 0.5) is 17.6 Å². The van der Waals surface area contributed by atoms with Crippen LogP contribution in [0.3, 0.4) is 0 Å². The number of fused-ring (bicyclic) bond motifs is 1. The minimum absolute atomic E-state index is 0.128. The molecule has 141 valence electrons. The smallest absolute Gasteiger partial charge is 0.241 e. The van der Waals surface area contributed by atoms with E-state index in [4.69, 9.17) is 11.6 Å². The second-order valence-corrected chi connectivity index (χ2v) is 6.36. The first kappa shape index (κ1) is 18.4. The SMILES string of the molecule is [CH2]c1nccc(-c2c(-c3ccc(F)c(Cl)c3)nn3cc(C(F)(F)F)ccc23)n1. The van der Waals surface area contributed by atoms with Gasteiger partial charge in [0, 0.05) is 24.9 Å². The second kappa shape index (κ2) is 6.56. The molecular formula is C19H10ClF4N4. The van der Waals surface area contributed by atoms with Crippen LogP contribution in [-0.4, -0.2) is 19.6 Å². The van der Waals surface area contributed by atoms with E-state index in [1.54, 1.807) is 6.07 Å². The number of alkyl halides is 3. The van der Waals surface area contributed by atoms with Crippen LogP contribution in [0.1, 0.15) is 11.4 Å². The molecule has 0 unspecified atom stereocenters. The van der Waals surface area contributed by atoms with E-state index in [2.05, 4.69) is 22.0 Å². The molecule has 1 aromatic carbocycles. The first-order valence-corrected chi connectivity index (χ1v) is 8.32. The van der Waals surface area contributed by atoms with Gasteiger partial charge in [-0.1, -0.05) is 11.6 Å². The third-order valence-corrected chi connectivity index (χ3v) is 4.40. The van der Waals surface area contributed by atoms with Gasteiger partial charge in [0.2, 0.25) is 0 Å². The molecule has 0 N–H and O–H groups in total. The molecule has 1 radical (unpaired) electrons. The maximum absolute atomic E-state index is 13.6. The number of pyridine rings is 1. The Balaban J connectivity index is 2.04. The molecule has 0 bridgehead atoms. The first-order valence-electron chi connectivity index (χ1n) is 7.94. The van der Waals surface area contributed by atoms with Crippen LogP contribution < -0.4 is 0 Å². The molecule has 0 amide bonds. The minimum atomic E-state index is -4.52. The van der Waals surface area contributed by atoms with E-state index in [0.29, 0.717) is 28.0 Å². The molecule has 0 aliphatic rings. The van der Waals surface area contributed by atoms with Gasteiger partial charge in [0.05, 0.1) is 27.4 Å². The predicted molar refractivity (Wildman–Crippen MR) is 96.1 cm³/mol. The average Bonchev–Trinajstić information content (AvgIpc) is 3.02. The molecule has 0 atom stereocenters. The van der Waals surface area contributed by atoms with Gasteiger partial charge < -0.3 is 0 Å². The molecule has 4 nitrogen and oxygen atoms in total. The fraction of sp³-hybridized carbons (Fsp3) is 0.0526. The van der Waals surface area contributed by atoms with Gasteiger partial charge in [0.25, 0.3) is 0 Å². The van der Waals surface area contributed by atoms with Crippen LogP contribution in [-0.2, 0) is 6.18 Å². The van der Waals surface area contributed by atoms with Crippen molar-refractivity contribution in [2.45, 2.75) is 6.18 Å². The van der Waals surface area contributed by atoms with Crippen molar-refractivity contribution in [3.8, 4) is 22.5 Å². The summed E-state index contributed by atoms with van der Waals surface area (Å²) in [4.78, 5) is 8.19. The summed E-state index contributed by atoms with van der Waals surface area (Å²) in [6, 6.07) is 7.85. The van der Waals surface area contributed by atoms with Gasteiger partial charge in [0.1, 0.15) is 17.3 Å². The number of hydrogen-bond donors (Lipinski definition) is 0. The number of halogens is 5. The van der Waals surface area contributed by atoms with E-state index in [0.717, 1.165) is 16.8 Å². The zero-order valence-electron chi connectivity index (χ0n) is 14.0. The van der Waals surface area contributed by atoms with Gasteiger partial charge in [-0.15, -0.1) is 0 Å². The Morgan fingerprint density at radius 3 is 2.54 bits per heavy atom. The minimum Gasteiger partial charge on any atom is -0.241 e. The van der Waals surface area contributed by atoms with Crippen LogP contribution in [0, 0.1) is 12.7 Å². The van der Waals surface area contributed by atoms with Gasteiger partial charge in [-0.2, -0.15) is 18.3 Å². The van der Waals surface area contributed by atoms with Crippen molar-refractivity contribution in [3.05, 3.63) is 77.9 Å². The summed E-state index contributed by atoms with van der Waals surface area (Å²) in [6.45, 7) is 3.68. The summed E-state index contributed by atoms with van der Waals surface area (Å²) in [5, 5.41) is 4.16. The summed E-state index contributed by atoms with van der Waals surface area (Å²) in [6.07, 6.45) is -2.14. The van der Waals surface area contributed by atoms with Crippen molar-refractivity contribution >= 4 is 17.1 Å².